The topological polar surface area (TPSA) is 161 Å². The minimum absolute atomic E-state index is 0.334. The Bertz CT molecular complexity index is 5740. The van der Waals surface area contributed by atoms with E-state index in [1.165, 1.54) is 0 Å². The molecule has 3 heterocycles. The molecule has 0 saturated carbocycles. The van der Waals surface area contributed by atoms with Gasteiger partial charge in [0, 0.05) is 71.6 Å². The molecule has 12 aromatic carbocycles. The zero-order valence-corrected chi connectivity index (χ0v) is 50.5. The fraction of sp³-hybridized carbons (Fsp3) is 0. The average Bonchev–Trinajstić information content (AvgIpc) is 1.55. The number of aromatic nitrogens is 5. The number of rotatable bonds is 10. The van der Waals surface area contributed by atoms with E-state index in [9.17, 15) is 21.0 Å². The molecular formula is C83H41N13. The molecule has 96 heavy (non-hydrogen) atoms. The quantitative estimate of drug-likeness (QED) is 0.123. The lowest BCUT2D eigenvalue weighted by molar-refractivity contribution is 1.07. The van der Waals surface area contributed by atoms with Gasteiger partial charge in [0.15, 0.2) is 40.2 Å². The lowest BCUT2D eigenvalue weighted by atomic mass is 9.97. The SMILES string of the molecule is [C-]#[N+]c1cc(C#N)cc(-c2ccc3c(c2)c2cc(-c4cc(C#N)cc([N+]#[C-])c4)ccc2n3-c2ccccc2-c2cc(-c3nc(-c4ccccc4)nc(-c4ccccc4)n3)ccc2-n2c3ccc(-c4cc(C#N)cc([N+]#[C-])c4)cc3c3cc(-c4cc(C#N)cc([N+]#[C-])c4)ccc32)c1. The predicted molar refractivity (Wildman–Crippen MR) is 376 cm³/mol. The van der Waals surface area contributed by atoms with E-state index in [1.807, 2.05) is 103 Å². The monoisotopic (exact) mass is 1220 g/mol. The average molecular weight is 1220 g/mol. The molecule has 0 spiro atoms. The molecule has 15 aromatic rings. The normalized spacial score (nSPS) is 10.8. The van der Waals surface area contributed by atoms with Gasteiger partial charge in [0.1, 0.15) is 0 Å². The van der Waals surface area contributed by atoms with E-state index in [4.69, 9.17) is 41.2 Å². The molecule has 0 amide bonds. The molecule has 15 rings (SSSR count). The molecule has 13 nitrogen and oxygen atoms in total. The molecule has 0 N–H and O–H groups in total. The van der Waals surface area contributed by atoms with E-state index in [2.05, 4.69) is 126 Å². The van der Waals surface area contributed by atoms with Crippen molar-refractivity contribution in [3.63, 3.8) is 0 Å². The maximum absolute atomic E-state index is 10.1. The van der Waals surface area contributed by atoms with E-state index in [0.717, 1.165) is 99.5 Å². The zero-order valence-electron chi connectivity index (χ0n) is 50.5. The van der Waals surface area contributed by atoms with Gasteiger partial charge in [0.25, 0.3) is 0 Å². The van der Waals surface area contributed by atoms with Crippen molar-refractivity contribution in [1.29, 1.82) is 21.0 Å². The van der Waals surface area contributed by atoms with Crippen LogP contribution in [0.25, 0.3) is 164 Å². The third kappa shape index (κ3) is 10.3. The van der Waals surface area contributed by atoms with Crippen molar-refractivity contribution in [2.24, 2.45) is 0 Å². The first-order valence-electron chi connectivity index (χ1n) is 30.1. The van der Waals surface area contributed by atoms with Crippen molar-refractivity contribution in [2.75, 3.05) is 0 Å². The summed E-state index contributed by atoms with van der Waals surface area (Å²) in [6.07, 6.45) is 0. The third-order valence-corrected chi connectivity index (χ3v) is 17.2. The molecule has 0 atom stereocenters. The summed E-state index contributed by atoms with van der Waals surface area (Å²) in [5.41, 5.74) is 17.5. The van der Waals surface area contributed by atoms with Crippen LogP contribution in [-0.2, 0) is 0 Å². The molecule has 0 aliphatic heterocycles. The molecule has 0 saturated heterocycles. The van der Waals surface area contributed by atoms with Crippen LogP contribution in [-0.4, -0.2) is 24.1 Å². The summed E-state index contributed by atoms with van der Waals surface area (Å²) in [5, 5.41) is 43.9. The number of nitrogens with zero attached hydrogens (tertiary/aromatic N) is 13. The van der Waals surface area contributed by atoms with Crippen LogP contribution in [0.15, 0.2) is 249 Å². The van der Waals surface area contributed by atoms with Gasteiger partial charge in [-0.25, -0.2) is 34.3 Å². The van der Waals surface area contributed by atoms with Crippen molar-refractivity contribution in [3.05, 3.63) is 317 Å². The van der Waals surface area contributed by atoms with Crippen LogP contribution in [0.4, 0.5) is 22.7 Å². The van der Waals surface area contributed by atoms with Gasteiger partial charge < -0.3 is 9.13 Å². The molecular weight excluding hydrogens is 1180 g/mol. The summed E-state index contributed by atoms with van der Waals surface area (Å²) < 4.78 is 4.48. The minimum atomic E-state index is 0.334. The standard InChI is InChI=1S/C83H41N13/c1-88-65-33-50(46-84)29-61(37-65)56-19-24-77-71(41-56)72-42-57(62-30-51(47-85)34-66(38-62)89-2)20-25-78(72)95(77)75-18-12-11-17-69(75)70-45-60(83-93-81(54-13-7-5-8-14-54)92-82(94-83)55-15-9-6-10-16-55)23-28-76(70)96-79-26-21-58(63-31-52(48-86)35-67(39-63)90-3)43-73(79)74-44-59(22-27-80(74)96)64-32-53(49-87)36-68(40-64)91-4/h5-45H. The van der Waals surface area contributed by atoms with Crippen LogP contribution < -0.4 is 0 Å². The number of hydrogen-bond acceptors (Lipinski definition) is 7. The minimum Gasteiger partial charge on any atom is -0.309 e. The molecule has 0 bridgehead atoms. The Balaban J connectivity index is 1.03. The molecule has 0 unspecified atom stereocenters. The molecule has 3 aromatic heterocycles. The fourth-order valence-corrected chi connectivity index (χ4v) is 12.8. The summed E-state index contributed by atoms with van der Waals surface area (Å²) in [6.45, 7) is 31.7. The van der Waals surface area contributed by atoms with Gasteiger partial charge >= 0.3 is 0 Å². The van der Waals surface area contributed by atoms with Gasteiger partial charge in [0.2, 0.25) is 0 Å². The van der Waals surface area contributed by atoms with E-state index >= 15 is 0 Å². The molecule has 0 aliphatic carbocycles. The summed E-state index contributed by atoms with van der Waals surface area (Å²) in [6, 6.07) is 88.2. The largest absolute Gasteiger partial charge is 0.309 e. The van der Waals surface area contributed by atoms with E-state index in [0.29, 0.717) is 90.3 Å². The molecule has 0 fully saturated rings. The Morgan fingerprint density at radius 1 is 0.260 bits per heavy atom. The number of para-hydroxylation sites is 1. The number of fused-ring (bicyclic) bond motifs is 6. The first kappa shape index (κ1) is 57.6. The van der Waals surface area contributed by atoms with Gasteiger partial charge in [-0.1, -0.05) is 103 Å². The summed E-state index contributed by atoms with van der Waals surface area (Å²) >= 11 is 0. The maximum atomic E-state index is 10.1. The van der Waals surface area contributed by atoms with Gasteiger partial charge in [-0.3, -0.25) is 0 Å². The highest BCUT2D eigenvalue weighted by Gasteiger charge is 2.25. The van der Waals surface area contributed by atoms with Crippen LogP contribution in [0.2, 0.25) is 0 Å². The van der Waals surface area contributed by atoms with Crippen LogP contribution in [0.5, 0.6) is 0 Å². The zero-order chi connectivity index (χ0) is 65.6. The first-order valence-corrected chi connectivity index (χ1v) is 30.1. The Morgan fingerprint density at radius 2 is 0.562 bits per heavy atom. The van der Waals surface area contributed by atoms with Crippen molar-refractivity contribution in [3.8, 4) is 125 Å². The summed E-state index contributed by atoms with van der Waals surface area (Å²) in [5.74, 6) is 1.41. The highest BCUT2D eigenvalue weighted by Crippen LogP contribution is 2.46. The Hall–Kier alpha value is -14.8. The number of hydrogen-bond donors (Lipinski definition) is 0. The van der Waals surface area contributed by atoms with E-state index in [-0.39, 0.29) is 0 Å². The second-order valence-corrected chi connectivity index (χ2v) is 22.9. The van der Waals surface area contributed by atoms with Crippen molar-refractivity contribution in [2.45, 2.75) is 0 Å². The highest BCUT2D eigenvalue weighted by atomic mass is 15.0. The van der Waals surface area contributed by atoms with Crippen molar-refractivity contribution >= 4 is 66.4 Å². The predicted octanol–water partition coefficient (Wildman–Crippen LogP) is 21.1. The second kappa shape index (κ2) is 23.8. The first-order chi connectivity index (χ1) is 47.1. The highest BCUT2D eigenvalue weighted by molar-refractivity contribution is 6.14. The van der Waals surface area contributed by atoms with E-state index in [1.54, 1.807) is 72.8 Å². The van der Waals surface area contributed by atoms with Crippen molar-refractivity contribution in [1.82, 2.24) is 24.1 Å². The Labute approximate surface area is 550 Å². The second-order valence-electron chi connectivity index (χ2n) is 22.9. The van der Waals surface area contributed by atoms with Crippen LogP contribution >= 0.6 is 0 Å². The Morgan fingerprint density at radius 3 is 0.896 bits per heavy atom. The lowest BCUT2D eigenvalue weighted by Gasteiger charge is -2.20. The van der Waals surface area contributed by atoms with E-state index < -0.39 is 0 Å². The molecule has 0 aliphatic rings. The molecule has 13 heteroatoms. The van der Waals surface area contributed by atoms with Crippen molar-refractivity contribution < 1.29 is 0 Å². The van der Waals surface area contributed by atoms with Crippen LogP contribution in [0, 0.1) is 71.6 Å². The third-order valence-electron chi connectivity index (χ3n) is 17.2. The lowest BCUT2D eigenvalue weighted by Crippen LogP contribution is -2.03. The number of nitriles is 4. The van der Waals surface area contributed by atoms with Crippen LogP contribution in [0.3, 0.4) is 0 Å². The van der Waals surface area contributed by atoms with Crippen LogP contribution in [0.1, 0.15) is 22.3 Å². The van der Waals surface area contributed by atoms with Gasteiger partial charge in [0.05, 0.1) is 84.0 Å². The maximum Gasteiger partial charge on any atom is 0.189 e. The van der Waals surface area contributed by atoms with Gasteiger partial charge in [-0.05, 0) is 190 Å². The Kier molecular flexibility index (Phi) is 14.3. The fourth-order valence-electron chi connectivity index (χ4n) is 12.8. The smallest absolute Gasteiger partial charge is 0.189 e. The van der Waals surface area contributed by atoms with Gasteiger partial charge in [-0.15, -0.1) is 0 Å². The summed E-state index contributed by atoms with van der Waals surface area (Å²) in [7, 11) is 0. The molecule has 0 radical (unpaired) electrons. The number of benzene rings is 12. The molecule has 438 valence electrons. The van der Waals surface area contributed by atoms with Gasteiger partial charge in [-0.2, -0.15) is 21.0 Å². The summed E-state index contributed by atoms with van der Waals surface area (Å²) in [4.78, 5) is 30.4.